The number of aromatic nitrogens is 2. The van der Waals surface area contributed by atoms with E-state index in [1.165, 1.54) is 16.8 Å². The van der Waals surface area contributed by atoms with Crippen LogP contribution in [0.2, 0.25) is 0 Å². The molecule has 3 rings (SSSR count). The summed E-state index contributed by atoms with van der Waals surface area (Å²) in [5.41, 5.74) is 3.75. The van der Waals surface area contributed by atoms with Crippen molar-refractivity contribution < 1.29 is 0 Å². The predicted molar refractivity (Wildman–Crippen MR) is 81.2 cm³/mol. The maximum Gasteiger partial charge on any atom is 0.125 e. The molecular weight excluding hydrogens is 246 g/mol. The van der Waals surface area contributed by atoms with Crippen molar-refractivity contribution in [2.24, 2.45) is 0 Å². The average Bonchev–Trinajstić information content (AvgIpc) is 2.48. The standard InChI is InChI=1S/C17H19N3/c1-14-18-12-16-9-11-20(13-17(16)19-14)10-5-8-15-6-3-2-4-7-15/h2-8,12H,9-11,13H2,1H3/b8-5-. The van der Waals surface area contributed by atoms with Crippen LogP contribution < -0.4 is 0 Å². The quantitative estimate of drug-likeness (QED) is 0.854. The largest absolute Gasteiger partial charge is 0.294 e. The number of fused-ring (bicyclic) bond motifs is 1. The third-order valence-corrected chi connectivity index (χ3v) is 3.62. The lowest BCUT2D eigenvalue weighted by Crippen LogP contribution is -2.31. The van der Waals surface area contributed by atoms with Gasteiger partial charge >= 0.3 is 0 Å². The van der Waals surface area contributed by atoms with Gasteiger partial charge in [0, 0.05) is 25.8 Å². The number of benzene rings is 1. The molecule has 0 bridgehead atoms. The van der Waals surface area contributed by atoms with E-state index in [4.69, 9.17) is 0 Å². The summed E-state index contributed by atoms with van der Waals surface area (Å²) >= 11 is 0. The van der Waals surface area contributed by atoms with Gasteiger partial charge in [-0.3, -0.25) is 4.90 Å². The van der Waals surface area contributed by atoms with Gasteiger partial charge < -0.3 is 0 Å². The molecule has 2 aromatic rings. The highest BCUT2D eigenvalue weighted by Crippen LogP contribution is 2.16. The van der Waals surface area contributed by atoms with Crippen LogP contribution in [-0.2, 0) is 13.0 Å². The molecule has 0 spiro atoms. The van der Waals surface area contributed by atoms with Crippen molar-refractivity contribution >= 4 is 6.08 Å². The van der Waals surface area contributed by atoms with E-state index in [2.05, 4.69) is 51.3 Å². The number of rotatable bonds is 3. The Morgan fingerprint density at radius 2 is 2.10 bits per heavy atom. The molecule has 0 fully saturated rings. The van der Waals surface area contributed by atoms with Gasteiger partial charge in [-0.15, -0.1) is 0 Å². The van der Waals surface area contributed by atoms with Gasteiger partial charge in [0.1, 0.15) is 5.82 Å². The first kappa shape index (κ1) is 13.0. The molecule has 0 saturated carbocycles. The Kier molecular flexibility index (Phi) is 3.88. The van der Waals surface area contributed by atoms with Crippen molar-refractivity contribution in [2.45, 2.75) is 19.9 Å². The van der Waals surface area contributed by atoms with Crippen LogP contribution in [0.25, 0.3) is 6.08 Å². The maximum atomic E-state index is 4.55. The van der Waals surface area contributed by atoms with E-state index < -0.39 is 0 Å². The van der Waals surface area contributed by atoms with Gasteiger partial charge in [0.2, 0.25) is 0 Å². The molecule has 0 aliphatic carbocycles. The fourth-order valence-electron chi connectivity index (χ4n) is 2.51. The van der Waals surface area contributed by atoms with Crippen molar-refractivity contribution in [3.05, 3.63) is 65.2 Å². The van der Waals surface area contributed by atoms with E-state index in [0.717, 1.165) is 31.9 Å². The average molecular weight is 265 g/mol. The lowest BCUT2D eigenvalue weighted by atomic mass is 10.1. The lowest BCUT2D eigenvalue weighted by molar-refractivity contribution is 0.276. The van der Waals surface area contributed by atoms with Gasteiger partial charge in [-0.05, 0) is 24.5 Å². The van der Waals surface area contributed by atoms with Crippen LogP contribution in [0.5, 0.6) is 0 Å². The molecule has 3 heteroatoms. The zero-order valence-electron chi connectivity index (χ0n) is 11.8. The minimum Gasteiger partial charge on any atom is -0.294 e. The van der Waals surface area contributed by atoms with Crippen LogP contribution in [-0.4, -0.2) is 28.0 Å². The molecule has 20 heavy (non-hydrogen) atoms. The second-order valence-electron chi connectivity index (χ2n) is 5.19. The molecule has 2 heterocycles. The smallest absolute Gasteiger partial charge is 0.125 e. The minimum atomic E-state index is 0.866. The minimum absolute atomic E-state index is 0.866. The zero-order chi connectivity index (χ0) is 13.8. The van der Waals surface area contributed by atoms with Crippen molar-refractivity contribution in [3.63, 3.8) is 0 Å². The molecule has 0 saturated heterocycles. The number of hydrogen-bond donors (Lipinski definition) is 0. The molecule has 1 aromatic heterocycles. The number of nitrogens with zero attached hydrogens (tertiary/aromatic N) is 3. The SMILES string of the molecule is Cc1ncc2c(n1)CN(C/C=C\c1ccccc1)CC2. The Labute approximate surface area is 120 Å². The fourth-order valence-corrected chi connectivity index (χ4v) is 2.51. The summed E-state index contributed by atoms with van der Waals surface area (Å²) in [7, 11) is 0. The molecule has 1 aliphatic heterocycles. The first-order valence-electron chi connectivity index (χ1n) is 7.06. The van der Waals surface area contributed by atoms with Crippen molar-refractivity contribution in [1.82, 2.24) is 14.9 Å². The Morgan fingerprint density at radius 1 is 1.25 bits per heavy atom. The Balaban J connectivity index is 1.62. The highest BCUT2D eigenvalue weighted by atomic mass is 15.1. The van der Waals surface area contributed by atoms with Crippen LogP contribution in [0.1, 0.15) is 22.6 Å². The summed E-state index contributed by atoms with van der Waals surface area (Å²) in [5, 5.41) is 0. The number of aryl methyl sites for hydroxylation is 1. The van der Waals surface area contributed by atoms with Crippen LogP contribution >= 0.6 is 0 Å². The van der Waals surface area contributed by atoms with Gasteiger partial charge in [0.15, 0.2) is 0 Å². The van der Waals surface area contributed by atoms with Gasteiger partial charge in [-0.1, -0.05) is 42.5 Å². The first-order chi connectivity index (χ1) is 9.81. The molecular formula is C17H19N3. The molecule has 0 atom stereocenters. The van der Waals surface area contributed by atoms with E-state index in [1.54, 1.807) is 0 Å². The van der Waals surface area contributed by atoms with Crippen LogP contribution in [0.3, 0.4) is 0 Å². The van der Waals surface area contributed by atoms with Gasteiger partial charge in [0.25, 0.3) is 0 Å². The van der Waals surface area contributed by atoms with E-state index in [9.17, 15) is 0 Å². The van der Waals surface area contributed by atoms with Gasteiger partial charge in [0.05, 0.1) is 5.69 Å². The Hall–Kier alpha value is -2.00. The van der Waals surface area contributed by atoms with E-state index in [0.29, 0.717) is 0 Å². The summed E-state index contributed by atoms with van der Waals surface area (Å²) in [6.45, 7) is 4.93. The maximum absolute atomic E-state index is 4.55. The normalized spacial score (nSPS) is 15.4. The molecule has 1 aliphatic rings. The highest BCUT2D eigenvalue weighted by molar-refractivity contribution is 5.48. The summed E-state index contributed by atoms with van der Waals surface area (Å²) < 4.78 is 0. The lowest BCUT2D eigenvalue weighted by Gasteiger charge is -2.26. The highest BCUT2D eigenvalue weighted by Gasteiger charge is 2.16. The molecule has 0 N–H and O–H groups in total. The summed E-state index contributed by atoms with van der Waals surface area (Å²) in [6, 6.07) is 10.4. The molecule has 0 radical (unpaired) electrons. The van der Waals surface area contributed by atoms with Crippen LogP contribution in [0.15, 0.2) is 42.6 Å². The Bertz CT molecular complexity index is 605. The van der Waals surface area contributed by atoms with Crippen molar-refractivity contribution in [1.29, 1.82) is 0 Å². The third-order valence-electron chi connectivity index (χ3n) is 3.62. The van der Waals surface area contributed by atoms with Crippen molar-refractivity contribution in [2.75, 3.05) is 13.1 Å². The second-order valence-corrected chi connectivity index (χ2v) is 5.19. The summed E-state index contributed by atoms with van der Waals surface area (Å²) in [5.74, 6) is 0.866. The summed E-state index contributed by atoms with van der Waals surface area (Å²) in [6.07, 6.45) is 7.44. The zero-order valence-corrected chi connectivity index (χ0v) is 11.8. The molecule has 0 amide bonds. The second kappa shape index (κ2) is 5.97. The molecule has 0 unspecified atom stereocenters. The third kappa shape index (κ3) is 3.11. The van der Waals surface area contributed by atoms with Crippen LogP contribution in [0, 0.1) is 6.92 Å². The topological polar surface area (TPSA) is 29.0 Å². The van der Waals surface area contributed by atoms with Gasteiger partial charge in [-0.25, -0.2) is 9.97 Å². The molecule has 102 valence electrons. The molecule has 1 aromatic carbocycles. The Morgan fingerprint density at radius 3 is 2.95 bits per heavy atom. The monoisotopic (exact) mass is 265 g/mol. The number of hydrogen-bond acceptors (Lipinski definition) is 3. The molecule has 3 nitrogen and oxygen atoms in total. The van der Waals surface area contributed by atoms with E-state index >= 15 is 0 Å². The fraction of sp³-hybridized carbons (Fsp3) is 0.294. The first-order valence-corrected chi connectivity index (χ1v) is 7.06. The van der Waals surface area contributed by atoms with E-state index in [1.807, 2.05) is 19.2 Å². The van der Waals surface area contributed by atoms with Crippen LogP contribution in [0.4, 0.5) is 0 Å². The summed E-state index contributed by atoms with van der Waals surface area (Å²) in [4.78, 5) is 11.3. The van der Waals surface area contributed by atoms with E-state index in [-0.39, 0.29) is 0 Å². The predicted octanol–water partition coefficient (Wildman–Crippen LogP) is 2.86. The van der Waals surface area contributed by atoms with Gasteiger partial charge in [-0.2, -0.15) is 0 Å². The van der Waals surface area contributed by atoms with Crippen molar-refractivity contribution in [3.8, 4) is 0 Å².